The summed E-state index contributed by atoms with van der Waals surface area (Å²) in [5, 5.41) is 4.70. The van der Waals surface area contributed by atoms with Gasteiger partial charge < -0.3 is 4.90 Å². The number of aromatic nitrogens is 4. The number of halogens is 1. The van der Waals surface area contributed by atoms with Crippen molar-refractivity contribution in [3.8, 4) is 0 Å². The van der Waals surface area contributed by atoms with E-state index in [1.807, 2.05) is 12.1 Å². The molecule has 0 radical (unpaired) electrons. The monoisotopic (exact) mass is 341 g/mol. The summed E-state index contributed by atoms with van der Waals surface area (Å²) in [6, 6.07) is 6.98. The molecule has 7 heteroatoms. The number of aryl methyl sites for hydroxylation is 1. The highest BCUT2D eigenvalue weighted by Gasteiger charge is 2.26. The molecule has 2 aromatic heterocycles. The van der Waals surface area contributed by atoms with Crippen molar-refractivity contribution in [1.29, 1.82) is 0 Å². The number of carbonyl (C=O) groups is 1. The summed E-state index contributed by atoms with van der Waals surface area (Å²) < 4.78 is 1.60. The van der Waals surface area contributed by atoms with Gasteiger partial charge in [-0.15, -0.1) is 0 Å². The van der Waals surface area contributed by atoms with Crippen LogP contribution < -0.4 is 0 Å². The number of benzene rings is 1. The maximum atomic E-state index is 12.8. The third-order valence-corrected chi connectivity index (χ3v) is 3.96. The lowest BCUT2D eigenvalue weighted by Gasteiger charge is -2.27. The van der Waals surface area contributed by atoms with Crippen LogP contribution in [0.4, 0.5) is 0 Å². The fourth-order valence-corrected chi connectivity index (χ4v) is 2.67. The van der Waals surface area contributed by atoms with Crippen molar-refractivity contribution >= 4 is 17.5 Å². The molecule has 0 spiro atoms. The van der Waals surface area contributed by atoms with Crippen LogP contribution in [0.2, 0.25) is 5.02 Å². The first kappa shape index (κ1) is 16.1. The van der Waals surface area contributed by atoms with E-state index in [4.69, 9.17) is 11.6 Å². The van der Waals surface area contributed by atoms with Crippen LogP contribution in [0, 0.1) is 0 Å². The minimum atomic E-state index is -0.372. The molecule has 0 N–H and O–H groups in total. The molecule has 0 fully saturated rings. The summed E-state index contributed by atoms with van der Waals surface area (Å²) in [4.78, 5) is 22.9. The van der Waals surface area contributed by atoms with E-state index in [2.05, 4.69) is 15.1 Å². The van der Waals surface area contributed by atoms with Crippen LogP contribution in [0.3, 0.4) is 0 Å². The summed E-state index contributed by atoms with van der Waals surface area (Å²) >= 11 is 5.98. The summed E-state index contributed by atoms with van der Waals surface area (Å²) in [5.41, 5.74) is 2.10. The normalized spacial score (nSPS) is 12.0. The first-order valence-corrected chi connectivity index (χ1v) is 7.71. The molecule has 2 heterocycles. The van der Waals surface area contributed by atoms with Gasteiger partial charge in [0.15, 0.2) is 0 Å². The van der Waals surface area contributed by atoms with Crippen LogP contribution in [0.25, 0.3) is 0 Å². The Bertz CT molecular complexity index is 832. The Kier molecular flexibility index (Phi) is 4.57. The third kappa shape index (κ3) is 3.28. The van der Waals surface area contributed by atoms with Crippen molar-refractivity contribution in [2.75, 3.05) is 7.05 Å². The molecule has 0 aliphatic carbocycles. The van der Waals surface area contributed by atoms with Crippen LogP contribution >= 0.6 is 11.6 Å². The van der Waals surface area contributed by atoms with Gasteiger partial charge >= 0.3 is 0 Å². The zero-order chi connectivity index (χ0) is 17.1. The maximum Gasteiger partial charge on any atom is 0.257 e. The smallest absolute Gasteiger partial charge is 0.257 e. The van der Waals surface area contributed by atoms with E-state index in [9.17, 15) is 4.79 Å². The number of carbonyl (C=O) groups excluding carboxylic acids is 1. The summed E-state index contributed by atoms with van der Waals surface area (Å²) in [6.45, 7) is 0. The van der Waals surface area contributed by atoms with E-state index in [-0.39, 0.29) is 11.9 Å². The average Bonchev–Trinajstić information content (AvgIpc) is 3.03. The molecule has 3 aromatic rings. The minimum Gasteiger partial charge on any atom is -0.329 e. The molecule has 0 saturated carbocycles. The Morgan fingerprint density at radius 3 is 2.54 bits per heavy atom. The standard InChI is InChI=1S/C17H16ClN5O/c1-22-11-13(9-21-22)17(24)23(2)16(15-10-19-7-8-20-15)12-3-5-14(18)6-4-12/h3-11,16H,1-2H3. The fourth-order valence-electron chi connectivity index (χ4n) is 2.54. The highest BCUT2D eigenvalue weighted by molar-refractivity contribution is 6.30. The van der Waals surface area contributed by atoms with Gasteiger partial charge in [-0.2, -0.15) is 5.10 Å². The Morgan fingerprint density at radius 2 is 1.96 bits per heavy atom. The van der Waals surface area contributed by atoms with Gasteiger partial charge in [0, 0.05) is 37.7 Å². The fraction of sp³-hybridized carbons (Fsp3) is 0.176. The maximum absolute atomic E-state index is 12.8. The number of nitrogens with zero attached hydrogens (tertiary/aromatic N) is 5. The predicted octanol–water partition coefficient (Wildman–Crippen LogP) is 2.73. The van der Waals surface area contributed by atoms with Crippen LogP contribution in [0.5, 0.6) is 0 Å². The zero-order valence-corrected chi connectivity index (χ0v) is 14.1. The van der Waals surface area contributed by atoms with Gasteiger partial charge in [0.2, 0.25) is 0 Å². The van der Waals surface area contributed by atoms with E-state index < -0.39 is 0 Å². The first-order valence-electron chi connectivity index (χ1n) is 7.33. The summed E-state index contributed by atoms with van der Waals surface area (Å²) in [7, 11) is 3.51. The molecule has 1 aromatic carbocycles. The van der Waals surface area contributed by atoms with Crippen LogP contribution in [0.1, 0.15) is 27.7 Å². The Balaban J connectivity index is 2.01. The molecule has 122 valence electrons. The molecular weight excluding hydrogens is 326 g/mol. The molecule has 1 atom stereocenters. The Hall–Kier alpha value is -2.73. The highest BCUT2D eigenvalue weighted by atomic mass is 35.5. The van der Waals surface area contributed by atoms with Gasteiger partial charge in [0.25, 0.3) is 5.91 Å². The number of rotatable bonds is 4. The van der Waals surface area contributed by atoms with E-state index in [1.54, 1.807) is 66.8 Å². The SMILES string of the molecule is CN(C(=O)c1cnn(C)c1)C(c1ccc(Cl)cc1)c1cnccn1. The number of amides is 1. The van der Waals surface area contributed by atoms with E-state index in [0.29, 0.717) is 16.3 Å². The molecule has 24 heavy (non-hydrogen) atoms. The molecule has 3 rings (SSSR count). The van der Waals surface area contributed by atoms with Crippen molar-refractivity contribution in [3.63, 3.8) is 0 Å². The largest absolute Gasteiger partial charge is 0.329 e. The van der Waals surface area contributed by atoms with E-state index >= 15 is 0 Å². The second kappa shape index (κ2) is 6.80. The lowest BCUT2D eigenvalue weighted by atomic mass is 10.0. The molecule has 0 bridgehead atoms. The zero-order valence-electron chi connectivity index (χ0n) is 13.3. The van der Waals surface area contributed by atoms with Crippen LogP contribution in [-0.4, -0.2) is 37.6 Å². The van der Waals surface area contributed by atoms with Crippen LogP contribution in [-0.2, 0) is 7.05 Å². The molecule has 6 nitrogen and oxygen atoms in total. The highest BCUT2D eigenvalue weighted by Crippen LogP contribution is 2.28. The van der Waals surface area contributed by atoms with Crippen molar-refractivity contribution in [3.05, 3.63) is 77.1 Å². The predicted molar refractivity (Wildman–Crippen MR) is 90.6 cm³/mol. The van der Waals surface area contributed by atoms with Gasteiger partial charge in [0.05, 0.1) is 23.7 Å². The Labute approximate surface area is 144 Å². The summed E-state index contributed by atoms with van der Waals surface area (Å²) in [5.74, 6) is -0.145. The van der Waals surface area contributed by atoms with E-state index in [1.165, 1.54) is 0 Å². The van der Waals surface area contributed by atoms with Gasteiger partial charge in [-0.1, -0.05) is 23.7 Å². The van der Waals surface area contributed by atoms with Crippen molar-refractivity contribution < 1.29 is 4.79 Å². The lowest BCUT2D eigenvalue weighted by molar-refractivity contribution is 0.0752. The molecule has 0 aliphatic rings. The lowest BCUT2D eigenvalue weighted by Crippen LogP contribution is -2.32. The van der Waals surface area contributed by atoms with Gasteiger partial charge in [-0.05, 0) is 17.7 Å². The van der Waals surface area contributed by atoms with Gasteiger partial charge in [-0.3, -0.25) is 19.4 Å². The average molecular weight is 342 g/mol. The van der Waals surface area contributed by atoms with E-state index in [0.717, 1.165) is 5.56 Å². The second-order valence-corrected chi connectivity index (χ2v) is 5.84. The van der Waals surface area contributed by atoms with Gasteiger partial charge in [-0.25, -0.2) is 0 Å². The second-order valence-electron chi connectivity index (χ2n) is 5.40. The molecule has 0 saturated heterocycles. The van der Waals surface area contributed by atoms with Crippen molar-refractivity contribution in [1.82, 2.24) is 24.6 Å². The number of hydrogen-bond acceptors (Lipinski definition) is 4. The topological polar surface area (TPSA) is 63.9 Å². The summed E-state index contributed by atoms with van der Waals surface area (Å²) in [6.07, 6.45) is 8.11. The molecule has 1 amide bonds. The number of hydrogen-bond donors (Lipinski definition) is 0. The van der Waals surface area contributed by atoms with Crippen molar-refractivity contribution in [2.45, 2.75) is 6.04 Å². The van der Waals surface area contributed by atoms with Crippen LogP contribution in [0.15, 0.2) is 55.2 Å². The molecular formula is C17H16ClN5O. The van der Waals surface area contributed by atoms with Gasteiger partial charge in [0.1, 0.15) is 6.04 Å². The minimum absolute atomic E-state index is 0.145. The third-order valence-electron chi connectivity index (χ3n) is 3.71. The first-order chi connectivity index (χ1) is 11.6. The molecule has 1 unspecified atom stereocenters. The Morgan fingerprint density at radius 1 is 1.21 bits per heavy atom. The molecule has 0 aliphatic heterocycles. The quantitative estimate of drug-likeness (QED) is 0.732. The van der Waals surface area contributed by atoms with Crippen molar-refractivity contribution in [2.24, 2.45) is 7.05 Å².